The Kier molecular flexibility index (Phi) is 4.70. The molecule has 22 heavy (non-hydrogen) atoms. The van der Waals surface area contributed by atoms with Crippen LogP contribution in [0.5, 0.6) is 5.75 Å². The quantitative estimate of drug-likeness (QED) is 0.652. The van der Waals surface area contributed by atoms with Gasteiger partial charge in [0.25, 0.3) is 0 Å². The van der Waals surface area contributed by atoms with Crippen molar-refractivity contribution in [2.24, 2.45) is 10.7 Å². The van der Waals surface area contributed by atoms with Gasteiger partial charge in [0.1, 0.15) is 23.1 Å². The molecule has 2 heterocycles. The number of fused-ring (bicyclic) bond motifs is 1. The number of ether oxygens (including phenoxy) is 1. The summed E-state index contributed by atoms with van der Waals surface area (Å²) in [4.78, 5) is 19.8. The molecule has 3 rings (SSSR count). The number of pyridine rings is 1. The Bertz CT molecular complexity index is 718. The van der Waals surface area contributed by atoms with E-state index in [2.05, 4.69) is 9.98 Å². The topological polar surface area (TPSA) is 77.6 Å². The molecule has 0 aliphatic carbocycles. The zero-order valence-corrected chi connectivity index (χ0v) is 12.9. The highest BCUT2D eigenvalue weighted by Gasteiger charge is 2.19. The van der Waals surface area contributed by atoms with Gasteiger partial charge in [-0.05, 0) is 37.2 Å². The molecule has 0 spiro atoms. The summed E-state index contributed by atoms with van der Waals surface area (Å²) in [5.74, 6) is 1.52. The SMILES string of the molecule is NCCCOc1ccc2nc(C3=N[C@@H](C=O)CS3)ccc2c1. The van der Waals surface area contributed by atoms with Crippen molar-refractivity contribution in [1.82, 2.24) is 4.98 Å². The van der Waals surface area contributed by atoms with Gasteiger partial charge in [-0.3, -0.25) is 4.99 Å². The van der Waals surface area contributed by atoms with Gasteiger partial charge >= 0.3 is 0 Å². The van der Waals surface area contributed by atoms with E-state index in [4.69, 9.17) is 10.5 Å². The maximum Gasteiger partial charge on any atom is 0.145 e. The molecule has 0 bridgehead atoms. The number of rotatable bonds is 6. The lowest BCUT2D eigenvalue weighted by atomic mass is 10.2. The molecule has 0 saturated heterocycles. The summed E-state index contributed by atoms with van der Waals surface area (Å²) in [6, 6.07) is 9.52. The van der Waals surface area contributed by atoms with E-state index in [0.717, 1.165) is 40.1 Å². The molecular weight excluding hydrogens is 298 g/mol. The standard InChI is InChI=1S/C16H17N3O2S/c17-6-1-7-21-13-3-5-14-11(8-13)2-4-15(19-14)16-18-12(9-20)10-22-16/h2-5,8-9,12H,1,6-7,10,17H2/t12-/m0/s1. The molecule has 114 valence electrons. The van der Waals surface area contributed by atoms with E-state index in [9.17, 15) is 4.79 Å². The van der Waals surface area contributed by atoms with Crippen LogP contribution in [-0.2, 0) is 4.79 Å². The molecule has 1 aliphatic heterocycles. The first-order valence-corrected chi connectivity index (χ1v) is 8.18. The van der Waals surface area contributed by atoms with Crippen LogP contribution in [0.1, 0.15) is 12.1 Å². The van der Waals surface area contributed by atoms with Crippen LogP contribution < -0.4 is 10.5 Å². The van der Waals surface area contributed by atoms with Crippen LogP contribution in [0.25, 0.3) is 10.9 Å². The van der Waals surface area contributed by atoms with E-state index in [-0.39, 0.29) is 6.04 Å². The highest BCUT2D eigenvalue weighted by atomic mass is 32.2. The largest absolute Gasteiger partial charge is 0.494 e. The third-order valence-electron chi connectivity index (χ3n) is 3.33. The van der Waals surface area contributed by atoms with E-state index in [1.165, 1.54) is 0 Å². The molecular formula is C16H17N3O2S. The van der Waals surface area contributed by atoms with Crippen molar-refractivity contribution in [2.75, 3.05) is 18.9 Å². The number of hydrogen-bond acceptors (Lipinski definition) is 6. The third-order valence-corrected chi connectivity index (χ3v) is 4.42. The maximum absolute atomic E-state index is 10.8. The summed E-state index contributed by atoms with van der Waals surface area (Å²) in [7, 11) is 0. The van der Waals surface area contributed by atoms with Gasteiger partial charge in [0.15, 0.2) is 0 Å². The lowest BCUT2D eigenvalue weighted by Gasteiger charge is -2.07. The van der Waals surface area contributed by atoms with Gasteiger partial charge in [-0.15, -0.1) is 11.8 Å². The Labute approximate surface area is 133 Å². The molecule has 6 heteroatoms. The molecule has 2 aromatic rings. The van der Waals surface area contributed by atoms with Crippen molar-refractivity contribution in [3.05, 3.63) is 36.0 Å². The van der Waals surface area contributed by atoms with Crippen LogP contribution >= 0.6 is 11.8 Å². The molecule has 2 N–H and O–H groups in total. The van der Waals surface area contributed by atoms with Crippen LogP contribution in [0.4, 0.5) is 0 Å². The number of carbonyl (C=O) groups excluding carboxylic acids is 1. The lowest BCUT2D eigenvalue weighted by molar-refractivity contribution is -0.108. The van der Waals surface area contributed by atoms with Crippen LogP contribution in [0.2, 0.25) is 0 Å². The Hall–Kier alpha value is -1.92. The van der Waals surface area contributed by atoms with Crippen molar-refractivity contribution in [3.63, 3.8) is 0 Å². The molecule has 0 radical (unpaired) electrons. The maximum atomic E-state index is 10.8. The van der Waals surface area contributed by atoms with E-state index in [1.54, 1.807) is 11.8 Å². The molecule has 1 aliphatic rings. The monoisotopic (exact) mass is 315 g/mol. The summed E-state index contributed by atoms with van der Waals surface area (Å²) in [6.45, 7) is 1.24. The summed E-state index contributed by atoms with van der Waals surface area (Å²) >= 11 is 1.57. The van der Waals surface area contributed by atoms with Gasteiger partial charge < -0.3 is 15.3 Å². The number of aldehydes is 1. The first-order valence-electron chi connectivity index (χ1n) is 7.20. The summed E-state index contributed by atoms with van der Waals surface area (Å²) < 4.78 is 5.64. The molecule has 5 nitrogen and oxygen atoms in total. The fourth-order valence-corrected chi connectivity index (χ4v) is 3.14. The number of nitrogens with zero attached hydrogens (tertiary/aromatic N) is 2. The minimum atomic E-state index is -0.240. The van der Waals surface area contributed by atoms with Crippen LogP contribution in [0.3, 0.4) is 0 Å². The highest BCUT2D eigenvalue weighted by Crippen LogP contribution is 2.25. The molecule has 1 aromatic carbocycles. The fourth-order valence-electron chi connectivity index (χ4n) is 2.19. The average Bonchev–Trinajstić information content (AvgIpc) is 3.04. The van der Waals surface area contributed by atoms with Crippen molar-refractivity contribution < 1.29 is 9.53 Å². The van der Waals surface area contributed by atoms with E-state index in [0.29, 0.717) is 18.9 Å². The van der Waals surface area contributed by atoms with Gasteiger partial charge in [0, 0.05) is 11.1 Å². The normalized spacial score (nSPS) is 17.5. The second kappa shape index (κ2) is 6.89. The van der Waals surface area contributed by atoms with E-state index < -0.39 is 0 Å². The first-order chi connectivity index (χ1) is 10.8. The number of nitrogens with two attached hydrogens (primary N) is 1. The number of aliphatic imine (C=N–C) groups is 1. The van der Waals surface area contributed by atoms with E-state index >= 15 is 0 Å². The van der Waals surface area contributed by atoms with Crippen molar-refractivity contribution in [1.29, 1.82) is 0 Å². The van der Waals surface area contributed by atoms with Crippen molar-refractivity contribution in [3.8, 4) is 5.75 Å². The van der Waals surface area contributed by atoms with Gasteiger partial charge in [-0.25, -0.2) is 4.98 Å². The van der Waals surface area contributed by atoms with Crippen LogP contribution in [0.15, 0.2) is 35.3 Å². The second-order valence-corrected chi connectivity index (χ2v) is 6.00. The van der Waals surface area contributed by atoms with Gasteiger partial charge in [-0.1, -0.05) is 6.07 Å². The Morgan fingerprint density at radius 3 is 3.05 bits per heavy atom. The number of aromatic nitrogens is 1. The summed E-state index contributed by atoms with van der Waals surface area (Å²) in [5, 5.41) is 1.85. The second-order valence-electron chi connectivity index (χ2n) is 4.99. The van der Waals surface area contributed by atoms with Gasteiger partial charge in [0.2, 0.25) is 0 Å². The van der Waals surface area contributed by atoms with Crippen molar-refractivity contribution in [2.45, 2.75) is 12.5 Å². The fraction of sp³-hybridized carbons (Fsp3) is 0.312. The molecule has 0 unspecified atom stereocenters. The Morgan fingerprint density at radius 1 is 1.36 bits per heavy atom. The zero-order valence-electron chi connectivity index (χ0n) is 12.1. The smallest absolute Gasteiger partial charge is 0.145 e. The summed E-state index contributed by atoms with van der Waals surface area (Å²) in [6.07, 6.45) is 1.72. The molecule has 1 atom stereocenters. The average molecular weight is 315 g/mol. The number of carbonyl (C=O) groups is 1. The zero-order chi connectivity index (χ0) is 15.4. The molecule has 0 amide bonds. The Morgan fingerprint density at radius 2 is 2.27 bits per heavy atom. The lowest BCUT2D eigenvalue weighted by Crippen LogP contribution is -2.06. The van der Waals surface area contributed by atoms with Crippen LogP contribution in [0, 0.1) is 0 Å². The highest BCUT2D eigenvalue weighted by molar-refractivity contribution is 8.14. The molecule has 0 saturated carbocycles. The number of benzene rings is 1. The first kappa shape index (κ1) is 15.0. The minimum absolute atomic E-state index is 0.240. The predicted octanol–water partition coefficient (Wildman–Crippen LogP) is 2.02. The molecule has 1 aromatic heterocycles. The van der Waals surface area contributed by atoms with E-state index in [1.807, 2.05) is 30.3 Å². The number of hydrogen-bond donors (Lipinski definition) is 1. The van der Waals surface area contributed by atoms with Crippen LogP contribution in [-0.4, -0.2) is 41.3 Å². The minimum Gasteiger partial charge on any atom is -0.494 e. The third kappa shape index (κ3) is 3.28. The van der Waals surface area contributed by atoms with Crippen molar-refractivity contribution >= 4 is 34.0 Å². The Balaban J connectivity index is 1.82. The molecule has 0 fully saturated rings. The van der Waals surface area contributed by atoms with Gasteiger partial charge in [0.05, 0.1) is 17.8 Å². The van der Waals surface area contributed by atoms with Gasteiger partial charge in [-0.2, -0.15) is 0 Å². The number of thioether (sulfide) groups is 1. The summed E-state index contributed by atoms with van der Waals surface area (Å²) in [5.41, 5.74) is 7.16. The predicted molar refractivity (Wildman–Crippen MR) is 89.8 cm³/mol.